The van der Waals surface area contributed by atoms with E-state index in [1.165, 1.54) is 6.20 Å². The van der Waals surface area contributed by atoms with Crippen LogP contribution >= 0.6 is 0 Å². The molecule has 2 saturated heterocycles. The summed E-state index contributed by atoms with van der Waals surface area (Å²) in [5, 5.41) is 8.89. The van der Waals surface area contributed by atoms with E-state index in [2.05, 4.69) is 16.8 Å². The molecule has 5 rings (SSSR count). The van der Waals surface area contributed by atoms with Crippen molar-refractivity contribution >= 4 is 11.8 Å². The van der Waals surface area contributed by atoms with Gasteiger partial charge in [-0.1, -0.05) is 6.92 Å². The Morgan fingerprint density at radius 1 is 1.41 bits per heavy atom. The standard InChI is InChI=1S/C20H28N4O3/c1-3-16-9-17-15(8-14(10-21-17)18(25)22-27)11-24(16)12-20-6-4-13(5-7-20)19(26)23(20)2/h8,10,13,16,27H,3-7,9,11-12H2,1-2H3,(H,22,25)/t13?,16-,20?/m0/s1. The zero-order chi connectivity index (χ0) is 19.2. The predicted octanol–water partition coefficient (Wildman–Crippen LogP) is 1.74. The minimum atomic E-state index is -0.538. The second kappa shape index (κ2) is 6.87. The number of hydrogen-bond donors (Lipinski definition) is 2. The molecule has 4 heterocycles. The molecule has 2 amide bonds. The molecular formula is C20H28N4O3. The molecule has 0 radical (unpaired) electrons. The van der Waals surface area contributed by atoms with Crippen LogP contribution in [0.15, 0.2) is 12.3 Å². The third-order valence-corrected chi connectivity index (χ3v) is 7.02. The van der Waals surface area contributed by atoms with Crippen LogP contribution in [0.4, 0.5) is 0 Å². The lowest BCUT2D eigenvalue weighted by Crippen LogP contribution is -2.65. The maximum absolute atomic E-state index is 12.6. The molecule has 0 unspecified atom stereocenters. The van der Waals surface area contributed by atoms with Crippen LogP contribution in [0, 0.1) is 5.92 Å². The molecule has 1 aliphatic carbocycles. The Labute approximate surface area is 159 Å². The van der Waals surface area contributed by atoms with Gasteiger partial charge in [-0.25, -0.2) is 5.48 Å². The predicted molar refractivity (Wildman–Crippen MR) is 99.1 cm³/mol. The van der Waals surface area contributed by atoms with Crippen LogP contribution in [0.5, 0.6) is 0 Å². The van der Waals surface area contributed by atoms with Gasteiger partial charge in [0.2, 0.25) is 5.91 Å². The lowest BCUT2D eigenvalue weighted by atomic mass is 9.69. The van der Waals surface area contributed by atoms with Gasteiger partial charge in [0.15, 0.2) is 0 Å². The molecule has 1 aromatic rings. The maximum atomic E-state index is 12.6. The number of hydroxylamine groups is 1. The summed E-state index contributed by atoms with van der Waals surface area (Å²) >= 11 is 0. The third-order valence-electron chi connectivity index (χ3n) is 7.02. The van der Waals surface area contributed by atoms with Crippen LogP contribution in [-0.4, -0.2) is 57.0 Å². The topological polar surface area (TPSA) is 85.8 Å². The number of fused-ring (bicyclic) bond motifs is 4. The quantitative estimate of drug-likeness (QED) is 0.621. The van der Waals surface area contributed by atoms with Crippen molar-refractivity contribution < 1.29 is 14.8 Å². The van der Waals surface area contributed by atoms with Gasteiger partial charge in [0.25, 0.3) is 5.91 Å². The SMILES string of the molecule is CC[C@H]1Cc2ncc(C(=O)NO)cc2CN1CC12CCC(CC1)C(=O)N2C. The number of carbonyl (C=O) groups excluding carboxylic acids is 2. The molecule has 0 spiro atoms. The fourth-order valence-corrected chi connectivity index (χ4v) is 5.22. The number of likely N-dealkylation sites (N-methyl/N-ethyl adjacent to an activating group) is 1. The molecule has 1 atom stereocenters. The van der Waals surface area contributed by atoms with Crippen molar-refractivity contribution in [3.63, 3.8) is 0 Å². The van der Waals surface area contributed by atoms with E-state index in [4.69, 9.17) is 5.21 Å². The minimum Gasteiger partial charge on any atom is -0.339 e. The third kappa shape index (κ3) is 3.02. The Bertz CT molecular complexity index is 758. The molecule has 2 N–H and O–H groups in total. The molecule has 3 fully saturated rings. The zero-order valence-electron chi connectivity index (χ0n) is 16.1. The molecule has 7 heteroatoms. The second-order valence-corrected chi connectivity index (χ2v) is 8.34. The number of piperidine rings is 2. The summed E-state index contributed by atoms with van der Waals surface area (Å²) in [5.41, 5.74) is 4.05. The summed E-state index contributed by atoms with van der Waals surface area (Å²) in [6.45, 7) is 3.79. The molecule has 146 valence electrons. The number of hydrogen-bond acceptors (Lipinski definition) is 5. The van der Waals surface area contributed by atoms with Crippen LogP contribution in [0.1, 0.15) is 60.6 Å². The molecule has 27 heavy (non-hydrogen) atoms. The summed E-state index contributed by atoms with van der Waals surface area (Å²) < 4.78 is 0. The Kier molecular flexibility index (Phi) is 4.68. The summed E-state index contributed by atoms with van der Waals surface area (Å²) in [7, 11) is 1.97. The van der Waals surface area contributed by atoms with Crippen molar-refractivity contribution in [3.05, 3.63) is 29.1 Å². The fourth-order valence-electron chi connectivity index (χ4n) is 5.22. The smallest absolute Gasteiger partial charge is 0.276 e. The van der Waals surface area contributed by atoms with E-state index >= 15 is 0 Å². The van der Waals surface area contributed by atoms with Crippen molar-refractivity contribution in [2.24, 2.45) is 5.92 Å². The van der Waals surface area contributed by atoms with Gasteiger partial charge in [0.05, 0.1) is 11.1 Å². The average molecular weight is 372 g/mol. The van der Waals surface area contributed by atoms with Gasteiger partial charge < -0.3 is 4.90 Å². The van der Waals surface area contributed by atoms with E-state index in [9.17, 15) is 9.59 Å². The van der Waals surface area contributed by atoms with Gasteiger partial charge in [0.1, 0.15) is 0 Å². The van der Waals surface area contributed by atoms with Crippen molar-refractivity contribution in [2.45, 2.75) is 63.6 Å². The Hall–Kier alpha value is -1.99. The average Bonchev–Trinajstić information content (AvgIpc) is 2.70. The molecule has 4 aliphatic rings. The van der Waals surface area contributed by atoms with Crippen LogP contribution in [0.25, 0.3) is 0 Å². The maximum Gasteiger partial charge on any atom is 0.276 e. The number of aromatic nitrogens is 1. The molecule has 3 aliphatic heterocycles. The molecule has 0 aromatic carbocycles. The van der Waals surface area contributed by atoms with Crippen LogP contribution in [0.3, 0.4) is 0 Å². The van der Waals surface area contributed by atoms with Crippen molar-refractivity contribution in [3.8, 4) is 0 Å². The number of rotatable bonds is 4. The van der Waals surface area contributed by atoms with E-state index in [1.54, 1.807) is 5.48 Å². The van der Waals surface area contributed by atoms with E-state index in [-0.39, 0.29) is 11.5 Å². The summed E-state index contributed by atoms with van der Waals surface area (Å²) in [6.07, 6.45) is 7.56. The van der Waals surface area contributed by atoms with Gasteiger partial charge in [-0.05, 0) is 43.7 Å². The number of carbonyl (C=O) groups is 2. The van der Waals surface area contributed by atoms with Crippen LogP contribution in [0.2, 0.25) is 0 Å². The number of amides is 2. The highest BCUT2D eigenvalue weighted by molar-refractivity contribution is 5.93. The summed E-state index contributed by atoms with van der Waals surface area (Å²) in [6, 6.07) is 2.22. The highest BCUT2D eigenvalue weighted by atomic mass is 16.5. The normalized spacial score (nSPS) is 30.3. The van der Waals surface area contributed by atoms with Crippen molar-refractivity contribution in [2.75, 3.05) is 13.6 Å². The number of pyridine rings is 1. The first kappa shape index (κ1) is 18.4. The Balaban J connectivity index is 1.59. The summed E-state index contributed by atoms with van der Waals surface area (Å²) in [4.78, 5) is 33.3. The number of nitrogens with one attached hydrogen (secondary N) is 1. The van der Waals surface area contributed by atoms with Gasteiger partial charge >= 0.3 is 0 Å². The van der Waals surface area contributed by atoms with Gasteiger partial charge in [0, 0.05) is 50.4 Å². The zero-order valence-corrected chi connectivity index (χ0v) is 16.1. The monoisotopic (exact) mass is 372 g/mol. The first-order valence-electron chi connectivity index (χ1n) is 9.91. The Morgan fingerprint density at radius 2 is 2.15 bits per heavy atom. The molecular weight excluding hydrogens is 344 g/mol. The minimum absolute atomic E-state index is 0.0652. The summed E-state index contributed by atoms with van der Waals surface area (Å²) in [5.74, 6) is -0.00444. The van der Waals surface area contributed by atoms with E-state index in [1.807, 2.05) is 18.0 Å². The van der Waals surface area contributed by atoms with E-state index < -0.39 is 5.91 Å². The molecule has 2 bridgehead atoms. The largest absolute Gasteiger partial charge is 0.339 e. The first-order valence-corrected chi connectivity index (χ1v) is 9.91. The van der Waals surface area contributed by atoms with Crippen LogP contribution in [-0.2, 0) is 17.8 Å². The van der Waals surface area contributed by atoms with Gasteiger partial charge in [-0.2, -0.15) is 0 Å². The van der Waals surface area contributed by atoms with Gasteiger partial charge in [-0.15, -0.1) is 0 Å². The highest BCUT2D eigenvalue weighted by Gasteiger charge is 2.50. The lowest BCUT2D eigenvalue weighted by Gasteiger charge is -2.55. The van der Waals surface area contributed by atoms with Crippen molar-refractivity contribution in [1.29, 1.82) is 0 Å². The second-order valence-electron chi connectivity index (χ2n) is 8.34. The highest BCUT2D eigenvalue weighted by Crippen LogP contribution is 2.44. The Morgan fingerprint density at radius 3 is 2.81 bits per heavy atom. The lowest BCUT2D eigenvalue weighted by molar-refractivity contribution is -0.155. The van der Waals surface area contributed by atoms with Crippen molar-refractivity contribution in [1.82, 2.24) is 20.3 Å². The molecule has 1 aromatic heterocycles. The molecule has 1 saturated carbocycles. The first-order chi connectivity index (χ1) is 13.0. The number of nitrogens with zero attached hydrogens (tertiary/aromatic N) is 3. The van der Waals surface area contributed by atoms with E-state index in [0.717, 1.165) is 62.9 Å². The van der Waals surface area contributed by atoms with E-state index in [0.29, 0.717) is 17.5 Å². The van der Waals surface area contributed by atoms with Crippen LogP contribution < -0.4 is 5.48 Å². The van der Waals surface area contributed by atoms with Gasteiger partial charge in [-0.3, -0.25) is 24.7 Å². The molecule has 7 nitrogen and oxygen atoms in total. The fraction of sp³-hybridized carbons (Fsp3) is 0.650.